The molecule has 0 saturated carbocycles. The fourth-order valence-corrected chi connectivity index (χ4v) is 6.37. The Morgan fingerprint density at radius 1 is 1.06 bits per heavy atom. The number of hydrogen-bond donors (Lipinski definition) is 1. The molecule has 4 heterocycles. The number of alkyl halides is 3. The number of anilines is 1. The average Bonchev–Trinajstić information content (AvgIpc) is 3.72. The summed E-state index contributed by atoms with van der Waals surface area (Å²) in [7, 11) is 2.98. The van der Waals surface area contributed by atoms with E-state index in [1.54, 1.807) is 35.0 Å². The lowest BCUT2D eigenvalue weighted by Crippen LogP contribution is -2.35. The van der Waals surface area contributed by atoms with Crippen molar-refractivity contribution in [2.75, 3.05) is 45.4 Å². The molecule has 2 aromatic carbocycles. The monoisotopic (exact) mass is 669 g/mol. The molecule has 1 N–H and O–H groups in total. The highest BCUT2D eigenvalue weighted by Gasteiger charge is 2.36. The van der Waals surface area contributed by atoms with Crippen LogP contribution in [-0.2, 0) is 27.0 Å². The molecule has 2 aliphatic heterocycles. The molecule has 48 heavy (non-hydrogen) atoms. The Morgan fingerprint density at radius 3 is 2.50 bits per heavy atom. The summed E-state index contributed by atoms with van der Waals surface area (Å²) in [5.74, 6) is 0.705. The van der Waals surface area contributed by atoms with Gasteiger partial charge < -0.3 is 33.7 Å². The van der Waals surface area contributed by atoms with E-state index in [-0.39, 0.29) is 42.6 Å². The van der Waals surface area contributed by atoms with E-state index >= 15 is 0 Å². The third kappa shape index (κ3) is 6.99. The molecule has 2 unspecified atom stereocenters. The van der Waals surface area contributed by atoms with Gasteiger partial charge in [0.05, 0.1) is 32.1 Å². The molecule has 0 aliphatic carbocycles. The maximum atomic E-state index is 14.6. The molecule has 2 saturated heterocycles. The highest BCUT2D eigenvalue weighted by molar-refractivity contribution is 5.93. The van der Waals surface area contributed by atoms with E-state index in [2.05, 4.69) is 10.4 Å². The first-order valence-corrected chi connectivity index (χ1v) is 15.9. The predicted octanol–water partition coefficient (Wildman–Crippen LogP) is 5.15. The Balaban J connectivity index is 1.50. The van der Waals surface area contributed by atoms with Gasteiger partial charge in [-0.2, -0.15) is 23.0 Å². The number of rotatable bonds is 10. The molecule has 2 aromatic heterocycles. The van der Waals surface area contributed by atoms with Gasteiger partial charge in [0, 0.05) is 68.1 Å². The van der Waals surface area contributed by atoms with Crippen LogP contribution < -0.4 is 25.2 Å². The molecule has 0 radical (unpaired) electrons. The van der Waals surface area contributed by atoms with Gasteiger partial charge in [0.25, 0.3) is 5.56 Å². The quantitative estimate of drug-likeness (QED) is 0.247. The number of benzene rings is 2. The van der Waals surface area contributed by atoms with Crippen LogP contribution in [0, 0.1) is 0 Å². The van der Waals surface area contributed by atoms with Gasteiger partial charge in [-0.15, -0.1) is 0 Å². The SMILES string of the molecule is COc1cc(OC)cc(-c2nn(-c3cc(N4CCC(NC(C)=O)C4)ccc3C(F)(F)F)c(=O)c3c2ccn3CCOC2CCCCO2)c1. The van der Waals surface area contributed by atoms with Gasteiger partial charge in [0.2, 0.25) is 5.91 Å². The van der Waals surface area contributed by atoms with Crippen molar-refractivity contribution in [3.63, 3.8) is 0 Å². The summed E-state index contributed by atoms with van der Waals surface area (Å²) in [4.78, 5) is 27.8. The molecule has 4 aromatic rings. The first kappa shape index (κ1) is 33.3. The largest absolute Gasteiger partial charge is 0.497 e. The lowest BCUT2D eigenvalue weighted by Gasteiger charge is -2.23. The average molecular weight is 670 g/mol. The maximum absolute atomic E-state index is 14.6. The zero-order chi connectivity index (χ0) is 34.0. The lowest BCUT2D eigenvalue weighted by atomic mass is 10.1. The summed E-state index contributed by atoms with van der Waals surface area (Å²) in [5, 5.41) is 7.92. The number of hydrogen-bond acceptors (Lipinski definition) is 8. The number of aromatic nitrogens is 3. The van der Waals surface area contributed by atoms with E-state index in [0.29, 0.717) is 54.3 Å². The topological polar surface area (TPSA) is 109 Å². The second-order valence-corrected chi connectivity index (χ2v) is 11.9. The number of carbonyl (C=O) groups excluding carboxylic acids is 1. The van der Waals surface area contributed by atoms with Crippen LogP contribution >= 0.6 is 0 Å². The van der Waals surface area contributed by atoms with Crippen LogP contribution in [0.5, 0.6) is 11.5 Å². The molecule has 14 heteroatoms. The van der Waals surface area contributed by atoms with Crippen molar-refractivity contribution in [3.8, 4) is 28.4 Å². The van der Waals surface area contributed by atoms with Gasteiger partial charge in [-0.25, -0.2) is 0 Å². The number of nitrogens with zero attached hydrogens (tertiary/aromatic N) is 4. The van der Waals surface area contributed by atoms with Crippen LogP contribution in [0.3, 0.4) is 0 Å². The second kappa shape index (κ2) is 13.9. The minimum absolute atomic E-state index is 0.149. The molecule has 2 atom stereocenters. The van der Waals surface area contributed by atoms with Gasteiger partial charge in [0.1, 0.15) is 22.7 Å². The maximum Gasteiger partial charge on any atom is 0.418 e. The Bertz CT molecular complexity index is 1830. The fourth-order valence-electron chi connectivity index (χ4n) is 6.37. The Morgan fingerprint density at radius 2 is 1.83 bits per heavy atom. The predicted molar refractivity (Wildman–Crippen MR) is 173 cm³/mol. The number of amides is 1. The van der Waals surface area contributed by atoms with E-state index < -0.39 is 23.0 Å². The lowest BCUT2D eigenvalue weighted by molar-refractivity contribution is -0.163. The Hall–Kier alpha value is -4.56. The molecule has 6 rings (SSSR count). The van der Waals surface area contributed by atoms with Crippen LogP contribution in [0.1, 0.15) is 38.2 Å². The Labute approximate surface area is 275 Å². The van der Waals surface area contributed by atoms with Gasteiger partial charge in [-0.3, -0.25) is 9.59 Å². The van der Waals surface area contributed by atoms with Crippen molar-refractivity contribution in [3.05, 3.63) is 64.6 Å². The highest BCUT2D eigenvalue weighted by atomic mass is 19.4. The standard InChI is InChI=1S/C34H38F3N5O6/c1-21(43)38-23-9-11-41(20-23)24-7-8-28(34(35,36)37)29(18-24)42-33(44)32-27(10-12-40(32)13-15-48-30-6-4-5-14-47-30)31(39-42)22-16-25(45-2)19-26(17-22)46-3/h7-8,10,12,16-19,23,30H,4-6,9,11,13-15,20H2,1-3H3,(H,38,43). The number of halogens is 3. The normalized spacial score (nSPS) is 18.3. The van der Waals surface area contributed by atoms with Gasteiger partial charge in [0.15, 0.2) is 6.29 Å². The fraction of sp³-hybridized carbons (Fsp3) is 0.441. The van der Waals surface area contributed by atoms with E-state index in [1.165, 1.54) is 33.3 Å². The van der Waals surface area contributed by atoms with Crippen LogP contribution in [0.2, 0.25) is 0 Å². The molecular weight excluding hydrogens is 631 g/mol. The van der Waals surface area contributed by atoms with E-state index in [4.69, 9.17) is 18.9 Å². The molecular formula is C34H38F3N5O6. The van der Waals surface area contributed by atoms with Crippen molar-refractivity contribution >= 4 is 22.5 Å². The van der Waals surface area contributed by atoms with E-state index in [0.717, 1.165) is 30.0 Å². The number of carbonyl (C=O) groups is 1. The summed E-state index contributed by atoms with van der Waals surface area (Å²) >= 11 is 0. The van der Waals surface area contributed by atoms with Gasteiger partial charge in [-0.1, -0.05) is 0 Å². The minimum Gasteiger partial charge on any atom is -0.497 e. The first-order chi connectivity index (χ1) is 23.0. The molecule has 2 fully saturated rings. The van der Waals surface area contributed by atoms with Gasteiger partial charge >= 0.3 is 6.18 Å². The molecule has 1 amide bonds. The highest BCUT2D eigenvalue weighted by Crippen LogP contribution is 2.38. The summed E-state index contributed by atoms with van der Waals surface area (Å²) < 4.78 is 68.8. The van der Waals surface area contributed by atoms with Crippen LogP contribution in [0.25, 0.3) is 27.8 Å². The molecule has 11 nitrogen and oxygen atoms in total. The molecule has 2 aliphatic rings. The van der Waals surface area contributed by atoms with Crippen molar-refractivity contribution < 1.29 is 36.9 Å². The minimum atomic E-state index is -4.79. The van der Waals surface area contributed by atoms with Gasteiger partial charge in [-0.05, 0) is 62.1 Å². The van der Waals surface area contributed by atoms with Crippen LogP contribution in [0.15, 0.2) is 53.5 Å². The number of methoxy groups -OCH3 is 2. The van der Waals surface area contributed by atoms with Crippen LogP contribution in [-0.4, -0.2) is 73.1 Å². The zero-order valence-electron chi connectivity index (χ0n) is 27.0. The molecule has 0 bridgehead atoms. The smallest absolute Gasteiger partial charge is 0.418 e. The summed E-state index contributed by atoms with van der Waals surface area (Å²) in [5.41, 5.74) is -0.753. The summed E-state index contributed by atoms with van der Waals surface area (Å²) in [6.45, 7) is 3.45. The summed E-state index contributed by atoms with van der Waals surface area (Å²) in [6.07, 6.45) is -0.0614. The van der Waals surface area contributed by atoms with Crippen molar-refractivity contribution in [1.29, 1.82) is 0 Å². The molecule has 0 spiro atoms. The third-order valence-electron chi connectivity index (χ3n) is 8.69. The van der Waals surface area contributed by atoms with Crippen molar-refractivity contribution in [1.82, 2.24) is 19.7 Å². The third-order valence-corrected chi connectivity index (χ3v) is 8.69. The zero-order valence-corrected chi connectivity index (χ0v) is 27.0. The van der Waals surface area contributed by atoms with Crippen molar-refractivity contribution in [2.24, 2.45) is 0 Å². The Kier molecular flexibility index (Phi) is 9.65. The number of nitrogens with one attached hydrogen (secondary N) is 1. The van der Waals surface area contributed by atoms with Crippen molar-refractivity contribution in [2.45, 2.75) is 57.7 Å². The number of fused-ring (bicyclic) bond motifs is 1. The second-order valence-electron chi connectivity index (χ2n) is 11.9. The van der Waals surface area contributed by atoms with E-state index in [1.807, 2.05) is 4.90 Å². The number of ether oxygens (including phenoxy) is 4. The summed E-state index contributed by atoms with van der Waals surface area (Å²) in [6, 6.07) is 10.3. The molecule has 256 valence electrons. The first-order valence-electron chi connectivity index (χ1n) is 15.9. The van der Waals surface area contributed by atoms with Crippen LogP contribution in [0.4, 0.5) is 18.9 Å². The van der Waals surface area contributed by atoms with E-state index in [9.17, 15) is 22.8 Å².